The standard InChI is InChI=1S/C25H24N4O2S/c30-25(26-22(18-8-3-1-4-9-18)19-10-5-2-6-11-19)29-14-7-12-20(16-29)23-27-28-24(31-23)21-13-15-32-17-21/h1-6,8-11,13,15,17,20,22H,7,12,14,16H2,(H,26,30)/t20-/m1/s1. The van der Waals surface area contributed by atoms with Crippen molar-refractivity contribution in [2.24, 2.45) is 0 Å². The Morgan fingerprint density at radius 3 is 2.41 bits per heavy atom. The number of likely N-dealkylation sites (tertiary alicyclic amines) is 1. The quantitative estimate of drug-likeness (QED) is 0.443. The molecule has 3 heterocycles. The van der Waals surface area contributed by atoms with E-state index in [1.54, 1.807) is 11.3 Å². The van der Waals surface area contributed by atoms with Crippen LogP contribution in [0.3, 0.4) is 0 Å². The number of hydrogen-bond donors (Lipinski definition) is 1. The Morgan fingerprint density at radius 2 is 1.75 bits per heavy atom. The van der Waals surface area contributed by atoms with Crippen LogP contribution in [0.15, 0.2) is 81.9 Å². The van der Waals surface area contributed by atoms with E-state index in [2.05, 4.69) is 15.5 Å². The third-order valence-corrected chi connectivity index (χ3v) is 6.48. The van der Waals surface area contributed by atoms with E-state index in [1.807, 2.05) is 82.4 Å². The van der Waals surface area contributed by atoms with E-state index in [9.17, 15) is 4.79 Å². The lowest BCUT2D eigenvalue weighted by Gasteiger charge is -2.32. The number of aromatic nitrogens is 2. The first-order chi connectivity index (χ1) is 15.8. The summed E-state index contributed by atoms with van der Waals surface area (Å²) in [6.07, 6.45) is 1.82. The molecule has 5 rings (SSSR count). The molecule has 0 saturated carbocycles. The van der Waals surface area contributed by atoms with E-state index < -0.39 is 0 Å². The number of carbonyl (C=O) groups is 1. The second-order valence-electron chi connectivity index (χ2n) is 7.95. The minimum Gasteiger partial charge on any atom is -0.420 e. The lowest BCUT2D eigenvalue weighted by atomic mass is 9.97. The number of rotatable bonds is 5. The minimum absolute atomic E-state index is 0.0429. The summed E-state index contributed by atoms with van der Waals surface area (Å²) in [6.45, 7) is 1.28. The fourth-order valence-electron chi connectivity index (χ4n) is 4.13. The Kier molecular flexibility index (Phi) is 5.98. The van der Waals surface area contributed by atoms with E-state index in [1.165, 1.54) is 0 Å². The van der Waals surface area contributed by atoms with Gasteiger partial charge in [0, 0.05) is 24.0 Å². The highest BCUT2D eigenvalue weighted by Crippen LogP contribution is 2.30. The Bertz CT molecular complexity index is 1110. The highest BCUT2D eigenvalue weighted by atomic mass is 32.1. The Balaban J connectivity index is 1.31. The molecule has 0 spiro atoms. The maximum atomic E-state index is 13.3. The van der Waals surface area contributed by atoms with Crippen molar-refractivity contribution >= 4 is 17.4 Å². The summed E-state index contributed by atoms with van der Waals surface area (Å²) < 4.78 is 5.94. The molecule has 1 atom stereocenters. The summed E-state index contributed by atoms with van der Waals surface area (Å²) in [7, 11) is 0. The van der Waals surface area contributed by atoms with Crippen molar-refractivity contribution in [2.75, 3.05) is 13.1 Å². The first-order valence-corrected chi connectivity index (χ1v) is 11.7. The molecule has 6 nitrogen and oxygen atoms in total. The molecule has 2 aromatic carbocycles. The molecule has 2 aromatic heterocycles. The van der Waals surface area contributed by atoms with E-state index in [4.69, 9.17) is 4.42 Å². The fraction of sp³-hybridized carbons (Fsp3) is 0.240. The predicted molar refractivity (Wildman–Crippen MR) is 124 cm³/mol. The van der Waals surface area contributed by atoms with Crippen LogP contribution >= 0.6 is 11.3 Å². The summed E-state index contributed by atoms with van der Waals surface area (Å²) >= 11 is 1.60. The van der Waals surface area contributed by atoms with Crippen LogP contribution in [0.2, 0.25) is 0 Å². The average Bonchev–Trinajstić information content (AvgIpc) is 3.56. The molecule has 4 aromatic rings. The van der Waals surface area contributed by atoms with Crippen LogP contribution in [0, 0.1) is 0 Å². The van der Waals surface area contributed by atoms with Crippen molar-refractivity contribution in [1.82, 2.24) is 20.4 Å². The molecule has 0 unspecified atom stereocenters. The van der Waals surface area contributed by atoms with Gasteiger partial charge >= 0.3 is 6.03 Å². The zero-order valence-corrected chi connectivity index (χ0v) is 18.4. The van der Waals surface area contributed by atoms with Crippen molar-refractivity contribution in [2.45, 2.75) is 24.8 Å². The number of thiophene rings is 1. The first-order valence-electron chi connectivity index (χ1n) is 10.8. The van der Waals surface area contributed by atoms with Gasteiger partial charge in [-0.1, -0.05) is 60.7 Å². The Morgan fingerprint density at radius 1 is 1.03 bits per heavy atom. The van der Waals surface area contributed by atoms with Crippen LogP contribution in [-0.2, 0) is 0 Å². The molecule has 0 bridgehead atoms. The van der Waals surface area contributed by atoms with Gasteiger partial charge in [0.05, 0.1) is 12.0 Å². The Hall–Kier alpha value is -3.45. The highest BCUT2D eigenvalue weighted by Gasteiger charge is 2.30. The van der Waals surface area contributed by atoms with Crippen molar-refractivity contribution < 1.29 is 9.21 Å². The maximum absolute atomic E-state index is 13.3. The second kappa shape index (κ2) is 9.36. The smallest absolute Gasteiger partial charge is 0.318 e. The van der Waals surface area contributed by atoms with Crippen molar-refractivity contribution in [1.29, 1.82) is 0 Å². The zero-order chi connectivity index (χ0) is 21.8. The van der Waals surface area contributed by atoms with Gasteiger partial charge in [-0.2, -0.15) is 11.3 Å². The zero-order valence-electron chi connectivity index (χ0n) is 17.6. The highest BCUT2D eigenvalue weighted by molar-refractivity contribution is 7.08. The van der Waals surface area contributed by atoms with Crippen molar-refractivity contribution in [3.8, 4) is 11.5 Å². The van der Waals surface area contributed by atoms with Gasteiger partial charge in [0.1, 0.15) is 0 Å². The van der Waals surface area contributed by atoms with Gasteiger partial charge in [-0.05, 0) is 35.4 Å². The van der Waals surface area contributed by atoms with Crippen LogP contribution in [0.5, 0.6) is 0 Å². The molecule has 2 amide bonds. The van der Waals surface area contributed by atoms with Gasteiger partial charge in [0.25, 0.3) is 0 Å². The third-order valence-electron chi connectivity index (χ3n) is 5.80. The molecule has 162 valence electrons. The van der Waals surface area contributed by atoms with Gasteiger partial charge in [0.15, 0.2) is 0 Å². The van der Waals surface area contributed by atoms with E-state index in [0.717, 1.165) is 29.5 Å². The molecular formula is C25H24N4O2S. The lowest BCUT2D eigenvalue weighted by Crippen LogP contribution is -2.46. The number of piperidine rings is 1. The number of amides is 2. The van der Waals surface area contributed by atoms with Crippen LogP contribution in [0.25, 0.3) is 11.5 Å². The summed E-state index contributed by atoms with van der Waals surface area (Å²) in [6, 6.07) is 21.8. The minimum atomic E-state index is -0.209. The average molecular weight is 445 g/mol. The van der Waals surface area contributed by atoms with E-state index >= 15 is 0 Å². The van der Waals surface area contributed by atoms with Gasteiger partial charge in [-0.15, -0.1) is 10.2 Å². The number of carbonyl (C=O) groups excluding carboxylic acids is 1. The molecular weight excluding hydrogens is 420 g/mol. The monoisotopic (exact) mass is 444 g/mol. The van der Waals surface area contributed by atoms with Gasteiger partial charge in [0.2, 0.25) is 11.8 Å². The molecule has 1 fully saturated rings. The molecule has 0 radical (unpaired) electrons. The second-order valence-corrected chi connectivity index (χ2v) is 8.73. The van der Waals surface area contributed by atoms with Gasteiger partial charge in [-0.3, -0.25) is 0 Å². The van der Waals surface area contributed by atoms with Crippen LogP contribution in [0.1, 0.15) is 41.8 Å². The molecule has 1 N–H and O–H groups in total. The summed E-state index contributed by atoms with van der Waals surface area (Å²) in [5.74, 6) is 1.18. The van der Waals surface area contributed by atoms with Crippen molar-refractivity contribution in [3.05, 3.63) is 94.5 Å². The number of nitrogens with zero attached hydrogens (tertiary/aromatic N) is 3. The molecule has 32 heavy (non-hydrogen) atoms. The molecule has 1 aliphatic rings. The van der Waals surface area contributed by atoms with E-state index in [0.29, 0.717) is 24.9 Å². The lowest BCUT2D eigenvalue weighted by molar-refractivity contribution is 0.172. The number of nitrogens with one attached hydrogen (secondary N) is 1. The molecule has 0 aliphatic carbocycles. The summed E-state index contributed by atoms with van der Waals surface area (Å²) in [5, 5.41) is 15.7. The fourth-order valence-corrected chi connectivity index (χ4v) is 4.76. The van der Waals surface area contributed by atoms with Crippen LogP contribution < -0.4 is 5.32 Å². The van der Waals surface area contributed by atoms with Crippen LogP contribution in [-0.4, -0.2) is 34.2 Å². The van der Waals surface area contributed by atoms with Crippen molar-refractivity contribution in [3.63, 3.8) is 0 Å². The SMILES string of the molecule is O=C(NC(c1ccccc1)c1ccccc1)N1CCC[C@@H](c2nnc(-c3ccsc3)o2)C1. The van der Waals surface area contributed by atoms with Gasteiger partial charge < -0.3 is 14.6 Å². The van der Waals surface area contributed by atoms with E-state index in [-0.39, 0.29) is 18.0 Å². The maximum Gasteiger partial charge on any atom is 0.318 e. The molecule has 1 saturated heterocycles. The largest absolute Gasteiger partial charge is 0.420 e. The normalized spacial score (nSPS) is 16.3. The van der Waals surface area contributed by atoms with Crippen LogP contribution in [0.4, 0.5) is 4.79 Å². The number of urea groups is 1. The number of benzene rings is 2. The topological polar surface area (TPSA) is 71.3 Å². The third kappa shape index (κ3) is 4.43. The Labute approximate surface area is 190 Å². The number of hydrogen-bond acceptors (Lipinski definition) is 5. The summed E-state index contributed by atoms with van der Waals surface area (Å²) in [5.41, 5.74) is 3.04. The predicted octanol–water partition coefficient (Wildman–Crippen LogP) is 5.48. The van der Waals surface area contributed by atoms with Gasteiger partial charge in [-0.25, -0.2) is 4.79 Å². The molecule has 7 heteroatoms. The molecule has 1 aliphatic heterocycles. The first kappa shape index (κ1) is 20.5. The summed E-state index contributed by atoms with van der Waals surface area (Å²) in [4.78, 5) is 15.1.